The number of hydrogen-bond acceptors (Lipinski definition) is 10. The lowest BCUT2D eigenvalue weighted by atomic mass is 10.1. The van der Waals surface area contributed by atoms with Crippen LogP contribution in [-0.2, 0) is 22.7 Å². The third-order valence-corrected chi connectivity index (χ3v) is 7.47. The number of sulfonamides is 1. The molecule has 0 bridgehead atoms. The first kappa shape index (κ1) is 27.2. The van der Waals surface area contributed by atoms with Crippen molar-refractivity contribution in [3.05, 3.63) is 47.7 Å². The van der Waals surface area contributed by atoms with Gasteiger partial charge in [-0.3, -0.25) is 4.90 Å². The van der Waals surface area contributed by atoms with Gasteiger partial charge in [0.1, 0.15) is 17.3 Å². The van der Waals surface area contributed by atoms with Crippen molar-refractivity contribution in [1.82, 2.24) is 34.1 Å². The molecule has 37 heavy (non-hydrogen) atoms. The highest BCUT2D eigenvalue weighted by Crippen LogP contribution is 2.31. The molecule has 1 aliphatic rings. The summed E-state index contributed by atoms with van der Waals surface area (Å²) in [6.45, 7) is 4.23. The van der Waals surface area contributed by atoms with E-state index in [1.807, 2.05) is 12.3 Å². The van der Waals surface area contributed by atoms with Crippen molar-refractivity contribution in [2.24, 2.45) is 0 Å². The maximum Gasteiger partial charge on any atom is 0.433 e. The predicted octanol–water partition coefficient (Wildman–Crippen LogP) is 3.20. The van der Waals surface area contributed by atoms with E-state index in [1.165, 1.54) is 28.4 Å². The molecule has 0 saturated carbocycles. The lowest BCUT2D eigenvalue weighted by Gasteiger charge is -2.33. The largest absolute Gasteiger partial charge is 0.433 e. The highest BCUT2D eigenvalue weighted by Gasteiger charge is 2.32. The Kier molecular flexibility index (Phi) is 7.96. The van der Waals surface area contributed by atoms with Crippen LogP contribution in [0.5, 0.6) is 0 Å². The highest BCUT2D eigenvalue weighted by atomic mass is 32.2. The molecule has 1 saturated heterocycles. The molecule has 0 spiro atoms. The summed E-state index contributed by atoms with van der Waals surface area (Å²) < 4.78 is 63.8. The number of halogens is 3. The van der Waals surface area contributed by atoms with Crippen LogP contribution in [0.3, 0.4) is 0 Å². The van der Waals surface area contributed by atoms with Gasteiger partial charge in [-0.05, 0) is 36.9 Å². The molecule has 0 radical (unpaired) electrons. The van der Waals surface area contributed by atoms with Gasteiger partial charge < -0.3 is 5.32 Å². The average Bonchev–Trinajstić information content (AvgIpc) is 2.84. The number of thioether (sulfide) groups is 1. The Morgan fingerprint density at radius 3 is 2.38 bits per heavy atom. The Balaban J connectivity index is 1.63. The first-order chi connectivity index (χ1) is 17.4. The van der Waals surface area contributed by atoms with E-state index in [-0.39, 0.29) is 0 Å². The first-order valence-corrected chi connectivity index (χ1v) is 14.2. The second-order valence-corrected chi connectivity index (χ2v) is 11.2. The van der Waals surface area contributed by atoms with E-state index in [9.17, 15) is 21.6 Å². The minimum absolute atomic E-state index is 0.322. The molecule has 3 aromatic heterocycles. The van der Waals surface area contributed by atoms with Crippen LogP contribution in [-0.4, -0.2) is 81.2 Å². The van der Waals surface area contributed by atoms with Crippen LogP contribution >= 0.6 is 11.8 Å². The van der Waals surface area contributed by atoms with Crippen LogP contribution in [0.15, 0.2) is 35.7 Å². The van der Waals surface area contributed by atoms with E-state index in [2.05, 4.69) is 35.1 Å². The topological polar surface area (TPSA) is 117 Å². The molecule has 4 heterocycles. The molecule has 0 atom stereocenters. The molecule has 0 aromatic carbocycles. The van der Waals surface area contributed by atoms with Crippen LogP contribution < -0.4 is 5.32 Å². The standard InChI is InChI=1S/C22H25F3N8O2S2/c1-14-28-20(31-21(29-14)36-2)17-10-15(13-32-6-8-33(9-7-32)37(3,34)35)11-27-19(17)30-16-4-5-18(26-12-16)22(23,24)25/h4-5,10-12H,6-9,13H2,1-3H3,(H,27,30). The molecule has 1 aliphatic heterocycles. The predicted molar refractivity (Wildman–Crippen MR) is 134 cm³/mol. The summed E-state index contributed by atoms with van der Waals surface area (Å²) in [5, 5.41) is 3.55. The van der Waals surface area contributed by atoms with Gasteiger partial charge in [0.2, 0.25) is 10.0 Å². The Bertz CT molecular complexity index is 1360. The molecule has 1 fully saturated rings. The van der Waals surface area contributed by atoms with Crippen molar-refractivity contribution in [2.45, 2.75) is 24.8 Å². The second-order valence-electron chi connectivity index (χ2n) is 8.43. The molecular weight excluding hydrogens is 529 g/mol. The van der Waals surface area contributed by atoms with Gasteiger partial charge in [0.25, 0.3) is 0 Å². The number of pyridine rings is 2. The molecule has 1 N–H and O–H groups in total. The van der Waals surface area contributed by atoms with E-state index in [0.29, 0.717) is 66.6 Å². The second kappa shape index (κ2) is 10.8. The lowest BCUT2D eigenvalue weighted by molar-refractivity contribution is -0.141. The minimum atomic E-state index is -4.53. The Morgan fingerprint density at radius 1 is 1.05 bits per heavy atom. The first-order valence-electron chi connectivity index (χ1n) is 11.2. The van der Waals surface area contributed by atoms with Gasteiger partial charge in [-0.2, -0.15) is 17.5 Å². The molecule has 198 valence electrons. The number of alkyl halides is 3. The fourth-order valence-electron chi connectivity index (χ4n) is 3.78. The molecule has 15 heteroatoms. The lowest BCUT2D eigenvalue weighted by Crippen LogP contribution is -2.47. The molecule has 0 aliphatic carbocycles. The number of aromatic nitrogens is 5. The number of piperazine rings is 1. The van der Waals surface area contributed by atoms with Gasteiger partial charge in [-0.15, -0.1) is 0 Å². The van der Waals surface area contributed by atoms with Gasteiger partial charge in [-0.1, -0.05) is 11.8 Å². The number of rotatable bonds is 7. The number of nitrogens with zero attached hydrogens (tertiary/aromatic N) is 7. The van der Waals surface area contributed by atoms with Gasteiger partial charge >= 0.3 is 6.18 Å². The summed E-state index contributed by atoms with van der Waals surface area (Å²) in [4.78, 5) is 23.4. The normalized spacial score (nSPS) is 15.6. The monoisotopic (exact) mass is 554 g/mol. The Hall–Kier alpha value is -2.88. The fraction of sp³-hybridized carbons (Fsp3) is 0.409. The van der Waals surface area contributed by atoms with E-state index < -0.39 is 21.9 Å². The Morgan fingerprint density at radius 2 is 1.78 bits per heavy atom. The van der Waals surface area contributed by atoms with E-state index in [0.717, 1.165) is 17.8 Å². The van der Waals surface area contributed by atoms with Crippen molar-refractivity contribution in [3.63, 3.8) is 0 Å². The third kappa shape index (κ3) is 6.91. The maximum absolute atomic E-state index is 12.9. The number of anilines is 2. The van der Waals surface area contributed by atoms with Crippen molar-refractivity contribution in [2.75, 3.05) is 44.0 Å². The van der Waals surface area contributed by atoms with Crippen molar-refractivity contribution < 1.29 is 21.6 Å². The SMILES string of the molecule is CSc1nc(C)nc(-c2cc(CN3CCN(S(C)(=O)=O)CC3)cnc2Nc2ccc(C(F)(F)F)nc2)n1. The molecule has 10 nitrogen and oxygen atoms in total. The maximum atomic E-state index is 12.9. The summed E-state index contributed by atoms with van der Waals surface area (Å²) >= 11 is 1.36. The zero-order valence-electron chi connectivity index (χ0n) is 20.3. The zero-order valence-corrected chi connectivity index (χ0v) is 22.0. The van der Waals surface area contributed by atoms with Gasteiger partial charge in [-0.25, -0.2) is 33.3 Å². The zero-order chi connectivity index (χ0) is 26.8. The molecule has 0 unspecified atom stereocenters. The van der Waals surface area contributed by atoms with Crippen molar-refractivity contribution >= 4 is 33.3 Å². The molecule has 3 aromatic rings. The number of hydrogen-bond donors (Lipinski definition) is 1. The van der Waals surface area contributed by atoms with E-state index in [1.54, 1.807) is 13.1 Å². The van der Waals surface area contributed by atoms with Crippen LogP contribution in [0, 0.1) is 6.92 Å². The molecule has 4 rings (SSSR count). The summed E-state index contributed by atoms with van der Waals surface area (Å²) in [6, 6.07) is 4.04. The van der Waals surface area contributed by atoms with E-state index >= 15 is 0 Å². The smallest absolute Gasteiger partial charge is 0.338 e. The summed E-state index contributed by atoms with van der Waals surface area (Å²) in [6.07, 6.45) is 1.27. The van der Waals surface area contributed by atoms with Crippen molar-refractivity contribution in [1.29, 1.82) is 0 Å². The van der Waals surface area contributed by atoms with Crippen LogP contribution in [0.25, 0.3) is 11.4 Å². The third-order valence-electron chi connectivity index (χ3n) is 5.62. The summed E-state index contributed by atoms with van der Waals surface area (Å²) in [7, 11) is -3.23. The van der Waals surface area contributed by atoms with Gasteiger partial charge in [0.05, 0.1) is 23.7 Å². The van der Waals surface area contributed by atoms with Gasteiger partial charge in [0, 0.05) is 38.9 Å². The summed E-state index contributed by atoms with van der Waals surface area (Å²) in [5.74, 6) is 1.24. The molecular formula is C22H25F3N8O2S2. The number of nitrogens with one attached hydrogen (secondary N) is 1. The van der Waals surface area contributed by atoms with Crippen LogP contribution in [0.1, 0.15) is 17.1 Å². The quantitative estimate of drug-likeness (QED) is 0.437. The number of aryl methyl sites for hydroxylation is 1. The highest BCUT2D eigenvalue weighted by molar-refractivity contribution is 7.98. The average molecular weight is 555 g/mol. The Labute approximate surface area is 216 Å². The molecule has 0 amide bonds. The fourth-order valence-corrected chi connectivity index (χ4v) is 5.01. The van der Waals surface area contributed by atoms with Crippen molar-refractivity contribution in [3.8, 4) is 11.4 Å². The minimum Gasteiger partial charge on any atom is -0.338 e. The van der Waals surface area contributed by atoms with E-state index in [4.69, 9.17) is 0 Å². The van der Waals surface area contributed by atoms with Gasteiger partial charge in [0.15, 0.2) is 11.0 Å². The van der Waals surface area contributed by atoms with Crippen LogP contribution in [0.2, 0.25) is 0 Å². The summed E-state index contributed by atoms with van der Waals surface area (Å²) in [5.41, 5.74) is 0.730. The van der Waals surface area contributed by atoms with Crippen LogP contribution in [0.4, 0.5) is 24.7 Å².